The van der Waals surface area contributed by atoms with E-state index in [1.165, 1.54) is 0 Å². The van der Waals surface area contributed by atoms with Crippen molar-refractivity contribution in [2.45, 2.75) is 0 Å². The fourth-order valence-corrected chi connectivity index (χ4v) is 2.30. The fraction of sp³-hybridized carbons (Fsp3) is 0.0625. The number of nitrogens with one attached hydrogen (secondary N) is 1. The van der Waals surface area contributed by atoms with Gasteiger partial charge in [-0.3, -0.25) is 4.79 Å². The molecule has 7 heteroatoms. The predicted molar refractivity (Wildman–Crippen MR) is 81.9 cm³/mol. The zero-order chi connectivity index (χ0) is 15.6. The van der Waals surface area contributed by atoms with E-state index < -0.39 is 0 Å². The molecule has 3 aromatic rings. The van der Waals surface area contributed by atoms with Crippen LogP contribution >= 0.6 is 0 Å². The number of carbonyl (C=O) groups is 1. The molecule has 0 unspecified atom stereocenters. The molecule has 3 heterocycles. The summed E-state index contributed by atoms with van der Waals surface area (Å²) in [6.45, 7) is 0.173. The van der Waals surface area contributed by atoms with Crippen LogP contribution in [0.3, 0.4) is 0 Å². The van der Waals surface area contributed by atoms with E-state index in [1.54, 1.807) is 59.7 Å². The van der Waals surface area contributed by atoms with Crippen LogP contribution in [0.5, 0.6) is 11.5 Å². The van der Waals surface area contributed by atoms with Crippen molar-refractivity contribution < 1.29 is 14.3 Å². The van der Waals surface area contributed by atoms with E-state index in [4.69, 9.17) is 9.47 Å². The minimum atomic E-state index is -0.260. The number of ether oxygens (including phenoxy) is 2. The van der Waals surface area contributed by atoms with Crippen molar-refractivity contribution in [2.75, 3.05) is 12.1 Å². The normalized spacial score (nSPS) is 12.2. The quantitative estimate of drug-likeness (QED) is 0.803. The molecule has 1 aromatic carbocycles. The van der Waals surface area contributed by atoms with Crippen molar-refractivity contribution in [3.8, 4) is 17.3 Å². The molecule has 2 aromatic heterocycles. The van der Waals surface area contributed by atoms with Gasteiger partial charge in [0.05, 0.1) is 5.69 Å². The van der Waals surface area contributed by atoms with E-state index in [0.717, 1.165) is 0 Å². The second kappa shape index (κ2) is 5.45. The maximum absolute atomic E-state index is 12.5. The van der Waals surface area contributed by atoms with Crippen LogP contribution in [-0.4, -0.2) is 27.5 Å². The monoisotopic (exact) mass is 308 g/mol. The molecule has 0 radical (unpaired) electrons. The highest BCUT2D eigenvalue weighted by atomic mass is 16.7. The topological polar surface area (TPSA) is 78.3 Å². The Kier molecular flexibility index (Phi) is 3.16. The van der Waals surface area contributed by atoms with Gasteiger partial charge in [0.2, 0.25) is 6.79 Å². The fourth-order valence-electron chi connectivity index (χ4n) is 2.30. The van der Waals surface area contributed by atoms with Crippen molar-refractivity contribution in [3.63, 3.8) is 0 Å². The van der Waals surface area contributed by atoms with Crippen molar-refractivity contribution in [3.05, 3.63) is 60.6 Å². The second-order valence-corrected chi connectivity index (χ2v) is 4.85. The molecule has 4 rings (SSSR count). The largest absolute Gasteiger partial charge is 0.454 e. The van der Waals surface area contributed by atoms with E-state index in [0.29, 0.717) is 28.6 Å². The Hall–Kier alpha value is -3.35. The summed E-state index contributed by atoms with van der Waals surface area (Å²) < 4.78 is 12.1. The van der Waals surface area contributed by atoms with Crippen LogP contribution in [0.2, 0.25) is 0 Å². The summed E-state index contributed by atoms with van der Waals surface area (Å²) >= 11 is 0. The average Bonchev–Trinajstić information content (AvgIpc) is 3.26. The molecule has 1 N–H and O–H groups in total. The number of pyridine rings is 1. The number of carbonyl (C=O) groups excluding carboxylic acids is 1. The van der Waals surface area contributed by atoms with Crippen LogP contribution in [0, 0.1) is 0 Å². The summed E-state index contributed by atoms with van der Waals surface area (Å²) in [4.78, 5) is 16.7. The summed E-state index contributed by atoms with van der Waals surface area (Å²) in [5.41, 5.74) is 1.04. The minimum Gasteiger partial charge on any atom is -0.454 e. The van der Waals surface area contributed by atoms with Gasteiger partial charge in [-0.15, -0.1) is 0 Å². The maximum Gasteiger partial charge on any atom is 0.255 e. The second-order valence-electron chi connectivity index (χ2n) is 4.85. The Morgan fingerprint density at radius 1 is 1.13 bits per heavy atom. The van der Waals surface area contributed by atoms with Crippen molar-refractivity contribution >= 4 is 11.6 Å². The minimum absolute atomic E-state index is 0.173. The van der Waals surface area contributed by atoms with Crippen LogP contribution < -0.4 is 14.8 Å². The van der Waals surface area contributed by atoms with Gasteiger partial charge >= 0.3 is 0 Å². The number of nitrogens with zero attached hydrogens (tertiary/aromatic N) is 3. The number of hydrogen-bond acceptors (Lipinski definition) is 5. The number of aromatic nitrogens is 3. The Morgan fingerprint density at radius 2 is 2.04 bits per heavy atom. The number of rotatable bonds is 3. The van der Waals surface area contributed by atoms with Gasteiger partial charge in [-0.2, -0.15) is 5.10 Å². The van der Waals surface area contributed by atoms with Gasteiger partial charge < -0.3 is 14.8 Å². The predicted octanol–water partition coefficient (Wildman–Crippen LogP) is 2.25. The smallest absolute Gasteiger partial charge is 0.255 e. The highest BCUT2D eigenvalue weighted by molar-refractivity contribution is 6.05. The molecule has 0 saturated carbocycles. The molecule has 0 spiro atoms. The zero-order valence-electron chi connectivity index (χ0n) is 12.0. The van der Waals surface area contributed by atoms with Gasteiger partial charge in [0.15, 0.2) is 17.3 Å². The Labute approximate surface area is 131 Å². The standard InChI is InChI=1S/C16H12N4O3/c21-16(11-4-5-13-14(9-11)23-10-22-13)19-12-3-1-6-17-15(12)20-8-2-7-18-20/h1-9H,10H2,(H,19,21). The van der Waals surface area contributed by atoms with Crippen LogP contribution in [0.15, 0.2) is 55.0 Å². The molecule has 1 amide bonds. The van der Waals surface area contributed by atoms with Gasteiger partial charge in [-0.05, 0) is 36.4 Å². The zero-order valence-corrected chi connectivity index (χ0v) is 12.0. The molecule has 1 aliphatic heterocycles. The van der Waals surface area contributed by atoms with Gasteiger partial charge in [0, 0.05) is 24.2 Å². The van der Waals surface area contributed by atoms with Crippen molar-refractivity contribution in [1.82, 2.24) is 14.8 Å². The number of benzene rings is 1. The first kappa shape index (κ1) is 13.3. The molecule has 114 valence electrons. The Balaban J connectivity index is 1.62. The van der Waals surface area contributed by atoms with Gasteiger partial charge in [0.25, 0.3) is 5.91 Å². The highest BCUT2D eigenvalue weighted by Gasteiger charge is 2.17. The number of hydrogen-bond donors (Lipinski definition) is 1. The highest BCUT2D eigenvalue weighted by Crippen LogP contribution is 2.32. The SMILES string of the molecule is O=C(Nc1cccnc1-n1cccn1)c1ccc2c(c1)OCO2. The summed E-state index contributed by atoms with van der Waals surface area (Å²) in [6, 6.07) is 10.4. The molecule has 0 bridgehead atoms. The van der Waals surface area contributed by atoms with Crippen LogP contribution in [0.1, 0.15) is 10.4 Å². The molecular weight excluding hydrogens is 296 g/mol. The van der Waals surface area contributed by atoms with Crippen LogP contribution in [0.25, 0.3) is 5.82 Å². The molecule has 0 fully saturated rings. The molecular formula is C16H12N4O3. The lowest BCUT2D eigenvalue weighted by molar-refractivity contribution is 0.102. The first-order valence-corrected chi connectivity index (χ1v) is 6.97. The lowest BCUT2D eigenvalue weighted by Crippen LogP contribution is -2.14. The molecule has 1 aliphatic rings. The summed E-state index contributed by atoms with van der Waals surface area (Å²) in [5, 5.41) is 6.99. The third-order valence-corrected chi connectivity index (χ3v) is 3.39. The number of anilines is 1. The first-order chi connectivity index (χ1) is 11.3. The number of amides is 1. The van der Waals surface area contributed by atoms with Crippen molar-refractivity contribution in [1.29, 1.82) is 0 Å². The first-order valence-electron chi connectivity index (χ1n) is 6.97. The third-order valence-electron chi connectivity index (χ3n) is 3.39. The van der Waals surface area contributed by atoms with E-state index in [-0.39, 0.29) is 12.7 Å². The van der Waals surface area contributed by atoms with Gasteiger partial charge in [-0.25, -0.2) is 9.67 Å². The Bertz CT molecular complexity index is 862. The molecule has 0 saturated heterocycles. The summed E-state index contributed by atoms with van der Waals surface area (Å²) in [7, 11) is 0. The van der Waals surface area contributed by atoms with Gasteiger partial charge in [0.1, 0.15) is 0 Å². The molecule has 7 nitrogen and oxygen atoms in total. The van der Waals surface area contributed by atoms with E-state index >= 15 is 0 Å². The summed E-state index contributed by atoms with van der Waals surface area (Å²) in [5.74, 6) is 1.49. The molecule has 23 heavy (non-hydrogen) atoms. The van der Waals surface area contributed by atoms with Crippen LogP contribution in [0.4, 0.5) is 5.69 Å². The molecule has 0 aliphatic carbocycles. The Morgan fingerprint density at radius 3 is 2.91 bits per heavy atom. The summed E-state index contributed by atoms with van der Waals surface area (Å²) in [6.07, 6.45) is 5.06. The van der Waals surface area contributed by atoms with Crippen molar-refractivity contribution in [2.24, 2.45) is 0 Å². The maximum atomic E-state index is 12.5. The van der Waals surface area contributed by atoms with E-state index in [2.05, 4.69) is 15.4 Å². The van der Waals surface area contributed by atoms with Crippen LogP contribution in [-0.2, 0) is 0 Å². The lowest BCUT2D eigenvalue weighted by atomic mass is 10.2. The lowest BCUT2D eigenvalue weighted by Gasteiger charge is -2.10. The van der Waals surface area contributed by atoms with Gasteiger partial charge in [-0.1, -0.05) is 0 Å². The van der Waals surface area contributed by atoms with E-state index in [1.807, 2.05) is 0 Å². The van der Waals surface area contributed by atoms with E-state index in [9.17, 15) is 4.79 Å². The average molecular weight is 308 g/mol. The molecule has 0 atom stereocenters. The third kappa shape index (κ3) is 2.48. The number of fused-ring (bicyclic) bond motifs is 1.